The van der Waals surface area contributed by atoms with Crippen molar-refractivity contribution < 1.29 is 9.84 Å². The summed E-state index contributed by atoms with van der Waals surface area (Å²) >= 11 is 0. The largest absolute Gasteiger partial charge is 0.392 e. The Balaban J connectivity index is 2.13. The Bertz CT molecular complexity index is 341. The highest BCUT2D eigenvalue weighted by Gasteiger charge is 2.42. The van der Waals surface area contributed by atoms with Gasteiger partial charge in [-0.1, -0.05) is 30.0 Å². The summed E-state index contributed by atoms with van der Waals surface area (Å²) in [6.45, 7) is 0.524. The fraction of sp³-hybridized carbons (Fsp3) is 0.273. The highest BCUT2D eigenvalue weighted by atomic mass is 16.6. The topological polar surface area (TPSA) is 32.8 Å². The summed E-state index contributed by atoms with van der Waals surface area (Å²) in [6, 6.07) is 9.67. The quantitative estimate of drug-likeness (QED) is 0.504. The van der Waals surface area contributed by atoms with E-state index in [2.05, 4.69) is 11.8 Å². The summed E-state index contributed by atoms with van der Waals surface area (Å²) in [4.78, 5) is 0. The van der Waals surface area contributed by atoms with Crippen LogP contribution >= 0.6 is 0 Å². The molecule has 0 aliphatic carbocycles. The van der Waals surface area contributed by atoms with Gasteiger partial charge in [0.1, 0.15) is 0 Å². The molecule has 1 aromatic carbocycles. The third-order valence-corrected chi connectivity index (χ3v) is 1.96. The Kier molecular flexibility index (Phi) is 2.05. The minimum absolute atomic E-state index is 0.0210. The maximum Gasteiger partial charge on any atom is 0.175 e. The molecule has 1 saturated heterocycles. The summed E-state index contributed by atoms with van der Waals surface area (Å²) in [6.07, 6.45) is 0. The molecule has 2 heteroatoms. The van der Waals surface area contributed by atoms with Gasteiger partial charge in [-0.25, -0.2) is 0 Å². The van der Waals surface area contributed by atoms with E-state index in [1.54, 1.807) is 0 Å². The minimum atomic E-state index is -0.560. The van der Waals surface area contributed by atoms with Gasteiger partial charge in [0.2, 0.25) is 0 Å². The van der Waals surface area contributed by atoms with Crippen LogP contribution in [0.3, 0.4) is 0 Å². The lowest BCUT2D eigenvalue weighted by atomic mass is 10.1. The molecule has 2 nitrogen and oxygen atoms in total. The van der Waals surface area contributed by atoms with Crippen LogP contribution in [0.5, 0.6) is 0 Å². The molecule has 2 rings (SSSR count). The van der Waals surface area contributed by atoms with E-state index in [4.69, 9.17) is 9.84 Å². The molecule has 0 aromatic heterocycles. The molecule has 1 aliphatic heterocycles. The zero-order valence-corrected chi connectivity index (χ0v) is 7.16. The molecule has 0 spiro atoms. The third-order valence-electron chi connectivity index (χ3n) is 1.96. The van der Waals surface area contributed by atoms with Crippen molar-refractivity contribution in [2.45, 2.75) is 5.60 Å². The molecule has 1 heterocycles. The van der Waals surface area contributed by atoms with Crippen molar-refractivity contribution in [2.75, 3.05) is 13.2 Å². The van der Waals surface area contributed by atoms with Crippen LogP contribution < -0.4 is 0 Å². The highest BCUT2D eigenvalue weighted by Crippen LogP contribution is 2.24. The summed E-state index contributed by atoms with van der Waals surface area (Å²) in [5.41, 5.74) is 0.390. The zero-order valence-electron chi connectivity index (χ0n) is 7.16. The van der Waals surface area contributed by atoms with Crippen LogP contribution in [0.1, 0.15) is 5.56 Å². The van der Waals surface area contributed by atoms with E-state index in [0.29, 0.717) is 6.61 Å². The first-order valence-corrected chi connectivity index (χ1v) is 4.18. The molecule has 1 aromatic rings. The van der Waals surface area contributed by atoms with Gasteiger partial charge in [0.15, 0.2) is 5.60 Å². The van der Waals surface area contributed by atoms with Crippen molar-refractivity contribution in [1.29, 1.82) is 0 Å². The molecular weight excluding hydrogens is 164 g/mol. The number of hydrogen-bond donors (Lipinski definition) is 1. The van der Waals surface area contributed by atoms with E-state index in [0.717, 1.165) is 5.56 Å². The van der Waals surface area contributed by atoms with Crippen molar-refractivity contribution in [3.63, 3.8) is 0 Å². The van der Waals surface area contributed by atoms with Crippen molar-refractivity contribution in [2.24, 2.45) is 0 Å². The molecule has 0 radical (unpaired) electrons. The number of epoxide rings is 1. The number of aliphatic hydroxyl groups excluding tert-OH is 1. The van der Waals surface area contributed by atoms with Crippen molar-refractivity contribution >= 4 is 0 Å². The van der Waals surface area contributed by atoms with Crippen molar-refractivity contribution in [3.05, 3.63) is 35.9 Å². The maximum absolute atomic E-state index is 8.91. The zero-order chi connectivity index (χ0) is 9.15. The van der Waals surface area contributed by atoms with E-state index in [1.807, 2.05) is 30.3 Å². The lowest BCUT2D eigenvalue weighted by Crippen LogP contribution is -2.12. The van der Waals surface area contributed by atoms with Gasteiger partial charge < -0.3 is 9.84 Å². The van der Waals surface area contributed by atoms with E-state index < -0.39 is 5.60 Å². The summed E-state index contributed by atoms with van der Waals surface area (Å²) in [5.74, 6) is 5.88. The average Bonchev–Trinajstić information content (AvgIpc) is 2.97. The fourth-order valence-electron chi connectivity index (χ4n) is 0.998. The Hall–Kier alpha value is -1.30. The number of benzene rings is 1. The second kappa shape index (κ2) is 3.21. The molecular formula is C11H10O2. The van der Waals surface area contributed by atoms with Gasteiger partial charge in [-0.2, -0.15) is 0 Å². The fourth-order valence-corrected chi connectivity index (χ4v) is 0.998. The van der Waals surface area contributed by atoms with Gasteiger partial charge >= 0.3 is 0 Å². The van der Waals surface area contributed by atoms with Crippen LogP contribution in [0.25, 0.3) is 0 Å². The monoisotopic (exact) mass is 174 g/mol. The van der Waals surface area contributed by atoms with Crippen LogP contribution in [0.15, 0.2) is 30.3 Å². The summed E-state index contributed by atoms with van der Waals surface area (Å²) in [7, 11) is 0. The summed E-state index contributed by atoms with van der Waals surface area (Å²) < 4.78 is 5.04. The van der Waals surface area contributed by atoms with Crippen LogP contribution in [-0.4, -0.2) is 23.9 Å². The molecule has 1 aliphatic rings. The second-order valence-electron chi connectivity index (χ2n) is 3.06. The number of ether oxygens (including phenoxy) is 1. The lowest BCUT2D eigenvalue weighted by Gasteiger charge is -1.94. The molecule has 0 saturated carbocycles. The smallest absolute Gasteiger partial charge is 0.175 e. The molecule has 13 heavy (non-hydrogen) atoms. The normalized spacial score (nSPS) is 24.7. The van der Waals surface area contributed by atoms with E-state index in [-0.39, 0.29) is 6.61 Å². The lowest BCUT2D eigenvalue weighted by molar-refractivity contribution is 0.209. The average molecular weight is 174 g/mol. The molecule has 1 atom stereocenters. The SMILES string of the molecule is OCC1(C#Cc2ccccc2)CO1. The standard InChI is InChI=1S/C11H10O2/c12-8-11(9-13-11)7-6-10-4-2-1-3-5-10/h1-5,12H,8-9H2. The van der Waals surface area contributed by atoms with Crippen molar-refractivity contribution in [3.8, 4) is 11.8 Å². The number of hydrogen-bond acceptors (Lipinski definition) is 2. The van der Waals surface area contributed by atoms with Gasteiger partial charge in [0.25, 0.3) is 0 Å². The summed E-state index contributed by atoms with van der Waals surface area (Å²) in [5, 5.41) is 8.91. The minimum Gasteiger partial charge on any atom is -0.392 e. The Morgan fingerprint density at radius 1 is 1.38 bits per heavy atom. The first-order chi connectivity index (χ1) is 6.35. The first-order valence-electron chi connectivity index (χ1n) is 4.18. The first kappa shape index (κ1) is 8.31. The van der Waals surface area contributed by atoms with Crippen LogP contribution in [0.2, 0.25) is 0 Å². The Labute approximate surface area is 77.2 Å². The molecule has 66 valence electrons. The molecule has 1 N–H and O–H groups in total. The highest BCUT2D eigenvalue weighted by molar-refractivity contribution is 5.37. The Morgan fingerprint density at radius 2 is 2.08 bits per heavy atom. The Morgan fingerprint density at radius 3 is 2.62 bits per heavy atom. The van der Waals surface area contributed by atoms with Gasteiger partial charge in [-0.15, -0.1) is 0 Å². The maximum atomic E-state index is 8.91. The van der Waals surface area contributed by atoms with Crippen molar-refractivity contribution in [1.82, 2.24) is 0 Å². The second-order valence-corrected chi connectivity index (χ2v) is 3.06. The molecule has 0 bridgehead atoms. The van der Waals surface area contributed by atoms with E-state index in [9.17, 15) is 0 Å². The number of rotatable bonds is 1. The van der Waals surface area contributed by atoms with Gasteiger partial charge in [0, 0.05) is 5.56 Å². The predicted molar refractivity (Wildman–Crippen MR) is 49.1 cm³/mol. The van der Waals surface area contributed by atoms with Gasteiger partial charge in [-0.05, 0) is 12.1 Å². The molecule has 1 unspecified atom stereocenters. The van der Waals surface area contributed by atoms with Gasteiger partial charge in [0.05, 0.1) is 13.2 Å². The van der Waals surface area contributed by atoms with Crippen LogP contribution in [0, 0.1) is 11.8 Å². The van der Waals surface area contributed by atoms with E-state index in [1.165, 1.54) is 0 Å². The van der Waals surface area contributed by atoms with E-state index >= 15 is 0 Å². The predicted octanol–water partition coefficient (Wildman–Crippen LogP) is 0.799. The van der Waals surface area contributed by atoms with Crippen LogP contribution in [-0.2, 0) is 4.74 Å². The third kappa shape index (κ3) is 1.89. The molecule has 0 amide bonds. The van der Waals surface area contributed by atoms with Gasteiger partial charge in [-0.3, -0.25) is 0 Å². The number of aliphatic hydroxyl groups is 1. The molecule has 1 fully saturated rings. The van der Waals surface area contributed by atoms with Crippen LogP contribution in [0.4, 0.5) is 0 Å².